The van der Waals surface area contributed by atoms with Crippen molar-refractivity contribution in [2.75, 3.05) is 5.32 Å². The van der Waals surface area contributed by atoms with Crippen molar-refractivity contribution < 1.29 is 9.90 Å². The van der Waals surface area contributed by atoms with Gasteiger partial charge in [0.05, 0.1) is 5.69 Å². The molecule has 0 aliphatic heterocycles. The zero-order chi connectivity index (χ0) is 13.7. The first kappa shape index (κ1) is 13.0. The Morgan fingerprint density at radius 2 is 1.95 bits per heavy atom. The molecule has 2 amide bonds. The van der Waals surface area contributed by atoms with E-state index in [1.54, 1.807) is 30.5 Å². The van der Waals surface area contributed by atoms with E-state index >= 15 is 0 Å². The molecule has 0 aliphatic rings. The summed E-state index contributed by atoms with van der Waals surface area (Å²) in [5.41, 5.74) is 0.663. The van der Waals surface area contributed by atoms with Crippen molar-refractivity contribution in [1.82, 2.24) is 5.32 Å². The molecule has 0 atom stereocenters. The lowest BCUT2D eigenvalue weighted by molar-refractivity contribution is 0.255. The van der Waals surface area contributed by atoms with E-state index in [1.807, 2.05) is 25.1 Å². The summed E-state index contributed by atoms with van der Waals surface area (Å²) in [7, 11) is 0. The van der Waals surface area contributed by atoms with Crippen LogP contribution < -0.4 is 10.6 Å². The lowest BCUT2D eigenvalue weighted by Gasteiger charge is -2.09. The second kappa shape index (κ2) is 5.91. The fourth-order valence-corrected chi connectivity index (χ4v) is 1.81. The maximum atomic E-state index is 11.7. The molecule has 2 aromatic rings. The Hall–Kier alpha value is -2.49. The number of nitrogens with one attached hydrogen (secondary N) is 2. The van der Waals surface area contributed by atoms with Crippen LogP contribution >= 0.6 is 0 Å². The van der Waals surface area contributed by atoms with Crippen molar-refractivity contribution in [2.24, 2.45) is 0 Å². The minimum Gasteiger partial charge on any atom is -0.507 e. The Morgan fingerprint density at radius 1 is 1.21 bits per heavy atom. The van der Waals surface area contributed by atoms with Crippen molar-refractivity contribution >= 4 is 22.5 Å². The normalized spacial score (nSPS) is 10.8. The highest BCUT2D eigenvalue weighted by Gasteiger charge is 2.06. The van der Waals surface area contributed by atoms with E-state index in [4.69, 9.17) is 0 Å². The quantitative estimate of drug-likeness (QED) is 0.785. The van der Waals surface area contributed by atoms with Gasteiger partial charge in [0, 0.05) is 17.0 Å². The molecule has 0 radical (unpaired) electrons. The maximum Gasteiger partial charge on any atom is 0.323 e. The zero-order valence-corrected chi connectivity index (χ0v) is 10.7. The lowest BCUT2D eigenvalue weighted by Crippen LogP contribution is -2.23. The second-order valence-corrected chi connectivity index (χ2v) is 4.09. The zero-order valence-electron chi connectivity index (χ0n) is 10.7. The fourth-order valence-electron chi connectivity index (χ4n) is 1.81. The van der Waals surface area contributed by atoms with Crippen LogP contribution in [0.25, 0.3) is 10.8 Å². The number of rotatable bonds is 3. The molecule has 0 saturated carbocycles. The number of phenols is 1. The van der Waals surface area contributed by atoms with Crippen LogP contribution in [0.5, 0.6) is 5.75 Å². The third-order valence-corrected chi connectivity index (χ3v) is 2.72. The molecule has 0 heterocycles. The smallest absolute Gasteiger partial charge is 0.323 e. The van der Waals surface area contributed by atoms with Crippen molar-refractivity contribution in [3.05, 3.63) is 48.7 Å². The van der Waals surface area contributed by atoms with Crippen LogP contribution in [0.2, 0.25) is 0 Å². The summed E-state index contributed by atoms with van der Waals surface area (Å²) < 4.78 is 0. The highest BCUT2D eigenvalue weighted by Crippen LogP contribution is 2.29. The molecule has 0 bridgehead atoms. The van der Waals surface area contributed by atoms with Gasteiger partial charge in [-0.25, -0.2) is 4.79 Å². The molecule has 0 aliphatic carbocycles. The van der Waals surface area contributed by atoms with Gasteiger partial charge >= 0.3 is 6.03 Å². The Balaban J connectivity index is 2.24. The van der Waals surface area contributed by atoms with E-state index in [2.05, 4.69) is 10.6 Å². The summed E-state index contributed by atoms with van der Waals surface area (Å²) in [6.45, 7) is 1.99. The molecule has 2 aromatic carbocycles. The number of hydrogen-bond acceptors (Lipinski definition) is 2. The summed E-state index contributed by atoms with van der Waals surface area (Å²) >= 11 is 0. The maximum absolute atomic E-state index is 11.7. The van der Waals surface area contributed by atoms with Gasteiger partial charge in [-0.15, -0.1) is 0 Å². The van der Waals surface area contributed by atoms with Crippen LogP contribution in [0.4, 0.5) is 10.5 Å². The van der Waals surface area contributed by atoms with E-state index in [1.165, 1.54) is 0 Å². The van der Waals surface area contributed by atoms with Crippen LogP contribution in [0.1, 0.15) is 13.3 Å². The highest BCUT2D eigenvalue weighted by atomic mass is 16.3. The van der Waals surface area contributed by atoms with E-state index in [0.717, 1.165) is 11.8 Å². The van der Waals surface area contributed by atoms with Gasteiger partial charge in [0.2, 0.25) is 0 Å². The third-order valence-electron chi connectivity index (χ3n) is 2.72. The molecule has 3 N–H and O–H groups in total. The van der Waals surface area contributed by atoms with E-state index < -0.39 is 0 Å². The minimum atomic E-state index is -0.305. The third kappa shape index (κ3) is 3.04. The van der Waals surface area contributed by atoms with Gasteiger partial charge in [-0.05, 0) is 18.6 Å². The number of fused-ring (bicyclic) bond motifs is 1. The number of hydrogen-bond donors (Lipinski definition) is 3. The first-order valence-electron chi connectivity index (χ1n) is 6.15. The summed E-state index contributed by atoms with van der Waals surface area (Å²) in [4.78, 5) is 11.7. The number of carbonyl (C=O) groups excluding carboxylic acids is 1. The van der Waals surface area contributed by atoms with Crippen LogP contribution in [-0.4, -0.2) is 11.1 Å². The number of urea groups is 1. The summed E-state index contributed by atoms with van der Waals surface area (Å²) in [6.07, 6.45) is 4.33. The predicted octanol–water partition coefficient (Wildman–Crippen LogP) is 3.59. The summed E-state index contributed by atoms with van der Waals surface area (Å²) in [6, 6.07) is 10.3. The molecule has 0 unspecified atom stereocenters. The molecule has 2 rings (SSSR count). The van der Waals surface area contributed by atoms with Gasteiger partial charge in [-0.1, -0.05) is 37.3 Å². The summed E-state index contributed by atoms with van der Waals surface area (Å²) in [5.74, 6) is 0.201. The van der Waals surface area contributed by atoms with E-state index in [-0.39, 0.29) is 11.8 Å². The molecule has 0 aromatic heterocycles. The monoisotopic (exact) mass is 256 g/mol. The Kier molecular flexibility index (Phi) is 4.03. The number of carbonyl (C=O) groups is 1. The molecule has 98 valence electrons. The number of anilines is 1. The van der Waals surface area contributed by atoms with Gasteiger partial charge < -0.3 is 15.7 Å². The largest absolute Gasteiger partial charge is 0.507 e. The standard InChI is InChI=1S/C15H16N2O2/c1-2-3-10-16-15(19)17-13-8-4-7-12-11(13)6-5-9-14(12)18/h3-10,18H,2H2,1H3,(H2,16,17,19)/b10-3+. The van der Waals surface area contributed by atoms with E-state index in [0.29, 0.717) is 11.1 Å². The molecule has 0 saturated heterocycles. The predicted molar refractivity (Wildman–Crippen MR) is 77.2 cm³/mol. The number of allylic oxidation sites excluding steroid dienone is 1. The van der Waals surface area contributed by atoms with Crippen LogP contribution in [0.3, 0.4) is 0 Å². The molecular weight excluding hydrogens is 240 g/mol. The second-order valence-electron chi connectivity index (χ2n) is 4.09. The number of amides is 2. The molecule has 0 fully saturated rings. The van der Waals surface area contributed by atoms with Crippen molar-refractivity contribution in [3.63, 3.8) is 0 Å². The summed E-state index contributed by atoms with van der Waals surface area (Å²) in [5, 5.41) is 16.7. The van der Waals surface area contributed by atoms with Crippen LogP contribution in [0.15, 0.2) is 48.7 Å². The minimum absolute atomic E-state index is 0.201. The number of aromatic hydroxyl groups is 1. The van der Waals surface area contributed by atoms with Crippen molar-refractivity contribution in [1.29, 1.82) is 0 Å². The Labute approximate surface area is 111 Å². The topological polar surface area (TPSA) is 61.4 Å². The molecule has 0 spiro atoms. The average Bonchev–Trinajstić information content (AvgIpc) is 2.40. The van der Waals surface area contributed by atoms with E-state index in [9.17, 15) is 9.90 Å². The van der Waals surface area contributed by atoms with Crippen molar-refractivity contribution in [2.45, 2.75) is 13.3 Å². The van der Waals surface area contributed by atoms with Gasteiger partial charge in [0.25, 0.3) is 0 Å². The van der Waals surface area contributed by atoms with Gasteiger partial charge in [-0.2, -0.15) is 0 Å². The highest BCUT2D eigenvalue weighted by molar-refractivity contribution is 6.03. The fraction of sp³-hybridized carbons (Fsp3) is 0.133. The SMILES string of the molecule is CC/C=C/NC(=O)Nc1cccc2c(O)cccc12. The number of benzene rings is 2. The average molecular weight is 256 g/mol. The number of phenolic OH excluding ortho intramolecular Hbond substituents is 1. The molecular formula is C15H16N2O2. The first-order valence-corrected chi connectivity index (χ1v) is 6.15. The van der Waals surface area contributed by atoms with Crippen molar-refractivity contribution in [3.8, 4) is 5.75 Å². The van der Waals surface area contributed by atoms with Crippen LogP contribution in [-0.2, 0) is 0 Å². The molecule has 4 nitrogen and oxygen atoms in total. The lowest BCUT2D eigenvalue weighted by atomic mass is 10.1. The van der Waals surface area contributed by atoms with Crippen LogP contribution in [0, 0.1) is 0 Å². The first-order chi connectivity index (χ1) is 9.22. The van der Waals surface area contributed by atoms with Gasteiger partial charge in [-0.3, -0.25) is 0 Å². The molecule has 4 heteroatoms. The van der Waals surface area contributed by atoms with Gasteiger partial charge in [0.1, 0.15) is 5.75 Å². The Bertz CT molecular complexity index is 621. The van der Waals surface area contributed by atoms with Gasteiger partial charge in [0.15, 0.2) is 0 Å². The Morgan fingerprint density at radius 3 is 2.74 bits per heavy atom. The molecule has 19 heavy (non-hydrogen) atoms.